The molecular weight excluding hydrogens is 403 g/mol. The van der Waals surface area contributed by atoms with E-state index < -0.39 is 11.2 Å². The van der Waals surface area contributed by atoms with Crippen LogP contribution in [0.5, 0.6) is 0 Å². The first-order chi connectivity index (χ1) is 13.0. The average Bonchev–Trinajstić information content (AvgIpc) is 2.68. The fourth-order valence-corrected chi connectivity index (χ4v) is 3.74. The van der Waals surface area contributed by atoms with Crippen LogP contribution in [0.3, 0.4) is 0 Å². The van der Waals surface area contributed by atoms with Gasteiger partial charge in [-0.3, -0.25) is 4.79 Å². The number of thioether (sulfide) groups is 1. The molecule has 7 heteroatoms. The predicted molar refractivity (Wildman–Crippen MR) is 107 cm³/mol. The summed E-state index contributed by atoms with van der Waals surface area (Å²) < 4.78 is 0. The number of benzene rings is 2. The molecule has 0 aliphatic heterocycles. The highest BCUT2D eigenvalue weighted by atomic mass is 35.5. The molecule has 0 fully saturated rings. The van der Waals surface area contributed by atoms with Crippen LogP contribution in [-0.4, -0.2) is 16.1 Å². The average molecular weight is 415 g/mol. The summed E-state index contributed by atoms with van der Waals surface area (Å²) in [5, 5.41) is 19.3. The molecule has 0 spiro atoms. The van der Waals surface area contributed by atoms with Gasteiger partial charge in [0.15, 0.2) is 0 Å². The number of hydrogen-bond acceptors (Lipinski definition) is 4. The van der Waals surface area contributed by atoms with Gasteiger partial charge in [-0.2, -0.15) is 5.26 Å². The predicted octanol–water partition coefficient (Wildman–Crippen LogP) is 5.85. The van der Waals surface area contributed by atoms with Crippen molar-refractivity contribution in [3.05, 3.63) is 81.8 Å². The Morgan fingerprint density at radius 1 is 1.07 bits per heavy atom. The SMILES string of the molecule is N#Cc1ccc(-c2ccc(Cl)c(Cl)c2)nc1SC(C(=O)O)c1ccccc1. The van der Waals surface area contributed by atoms with E-state index in [-0.39, 0.29) is 0 Å². The number of carboxylic acid groups (broad SMARTS) is 1. The molecule has 1 unspecified atom stereocenters. The quantitative estimate of drug-likeness (QED) is 0.530. The fourth-order valence-electron chi connectivity index (χ4n) is 2.43. The summed E-state index contributed by atoms with van der Waals surface area (Å²) >= 11 is 13.1. The van der Waals surface area contributed by atoms with E-state index in [9.17, 15) is 15.2 Å². The first kappa shape index (κ1) is 19.2. The van der Waals surface area contributed by atoms with E-state index >= 15 is 0 Å². The first-order valence-electron chi connectivity index (χ1n) is 7.80. The van der Waals surface area contributed by atoms with Crippen LogP contribution in [0, 0.1) is 11.3 Å². The minimum absolute atomic E-state index is 0.311. The van der Waals surface area contributed by atoms with Gasteiger partial charge in [0.1, 0.15) is 16.3 Å². The number of carbonyl (C=O) groups is 1. The zero-order valence-electron chi connectivity index (χ0n) is 13.8. The van der Waals surface area contributed by atoms with Crippen LogP contribution in [0.1, 0.15) is 16.4 Å². The van der Waals surface area contributed by atoms with Gasteiger partial charge in [-0.1, -0.05) is 71.4 Å². The lowest BCUT2D eigenvalue weighted by Crippen LogP contribution is -2.08. The molecular formula is C20H12Cl2N2O2S. The lowest BCUT2D eigenvalue weighted by atomic mass is 10.1. The lowest BCUT2D eigenvalue weighted by Gasteiger charge is -2.14. The van der Waals surface area contributed by atoms with Gasteiger partial charge >= 0.3 is 5.97 Å². The Bertz CT molecular complexity index is 1040. The van der Waals surface area contributed by atoms with E-state index in [4.69, 9.17) is 23.2 Å². The van der Waals surface area contributed by atoms with Crippen LogP contribution in [0.25, 0.3) is 11.3 Å². The third-order valence-corrected chi connectivity index (χ3v) is 5.74. The molecule has 3 aromatic rings. The molecule has 0 saturated carbocycles. The summed E-state index contributed by atoms with van der Waals surface area (Å²) in [5.74, 6) is -1.00. The second kappa shape index (κ2) is 8.45. The highest BCUT2D eigenvalue weighted by molar-refractivity contribution is 8.00. The maximum atomic E-state index is 11.8. The number of hydrogen-bond donors (Lipinski definition) is 1. The molecule has 1 heterocycles. The zero-order chi connectivity index (χ0) is 19.4. The summed E-state index contributed by atoms with van der Waals surface area (Å²) in [5.41, 5.74) is 2.24. The zero-order valence-corrected chi connectivity index (χ0v) is 16.1. The van der Waals surface area contributed by atoms with Gasteiger partial charge in [0.2, 0.25) is 0 Å². The van der Waals surface area contributed by atoms with Crippen LogP contribution in [0.4, 0.5) is 0 Å². The van der Waals surface area contributed by atoms with Crippen molar-refractivity contribution in [1.82, 2.24) is 4.98 Å². The smallest absolute Gasteiger partial charge is 0.321 e. The minimum Gasteiger partial charge on any atom is -0.480 e. The highest BCUT2D eigenvalue weighted by Crippen LogP contribution is 2.37. The van der Waals surface area contributed by atoms with Gasteiger partial charge < -0.3 is 5.11 Å². The number of nitrogens with zero attached hydrogens (tertiary/aromatic N) is 2. The topological polar surface area (TPSA) is 74.0 Å². The van der Waals surface area contributed by atoms with Crippen LogP contribution in [-0.2, 0) is 4.79 Å². The van der Waals surface area contributed by atoms with E-state index in [2.05, 4.69) is 11.1 Å². The van der Waals surface area contributed by atoms with Crippen molar-refractivity contribution < 1.29 is 9.90 Å². The van der Waals surface area contributed by atoms with Gasteiger partial charge in [-0.05, 0) is 29.8 Å². The standard InChI is InChI=1S/C20H12Cl2N2O2S/c21-15-8-6-13(10-16(15)22)17-9-7-14(11-23)19(24-17)27-18(20(25)26)12-4-2-1-3-5-12/h1-10,18H,(H,25,26). The molecule has 2 aromatic carbocycles. The second-order valence-electron chi connectivity index (χ2n) is 5.54. The molecule has 1 N–H and O–H groups in total. The molecule has 27 heavy (non-hydrogen) atoms. The van der Waals surface area contributed by atoms with E-state index in [1.165, 1.54) is 0 Å². The Balaban J connectivity index is 2.02. The molecule has 0 aliphatic rings. The van der Waals surface area contributed by atoms with Gasteiger partial charge in [0.05, 0.1) is 21.3 Å². The third kappa shape index (κ3) is 4.42. The molecule has 0 bridgehead atoms. The third-order valence-electron chi connectivity index (χ3n) is 3.75. The first-order valence-corrected chi connectivity index (χ1v) is 9.44. The lowest BCUT2D eigenvalue weighted by molar-refractivity contribution is -0.136. The highest BCUT2D eigenvalue weighted by Gasteiger charge is 2.23. The minimum atomic E-state index is -1.00. The van der Waals surface area contributed by atoms with Crippen molar-refractivity contribution in [2.45, 2.75) is 10.3 Å². The Morgan fingerprint density at radius 3 is 2.44 bits per heavy atom. The number of halogens is 2. The summed E-state index contributed by atoms with van der Waals surface area (Å²) in [6.07, 6.45) is 0. The van der Waals surface area contributed by atoms with Crippen molar-refractivity contribution in [3.63, 3.8) is 0 Å². The molecule has 0 radical (unpaired) electrons. The Hall–Kier alpha value is -2.52. The van der Waals surface area contributed by atoms with Crippen molar-refractivity contribution in [3.8, 4) is 17.3 Å². The number of aromatic nitrogens is 1. The number of carboxylic acids is 1. The Morgan fingerprint density at radius 2 is 1.81 bits per heavy atom. The van der Waals surface area contributed by atoms with E-state index in [1.807, 2.05) is 6.07 Å². The molecule has 4 nitrogen and oxygen atoms in total. The number of pyridine rings is 1. The number of nitriles is 1. The van der Waals surface area contributed by atoms with Crippen molar-refractivity contribution in [2.75, 3.05) is 0 Å². The van der Waals surface area contributed by atoms with Gasteiger partial charge in [0, 0.05) is 5.56 Å². The largest absolute Gasteiger partial charge is 0.480 e. The summed E-state index contributed by atoms with van der Waals surface area (Å²) in [7, 11) is 0. The van der Waals surface area contributed by atoms with Crippen molar-refractivity contribution in [1.29, 1.82) is 5.26 Å². The van der Waals surface area contributed by atoms with Crippen molar-refractivity contribution >= 4 is 40.9 Å². The summed E-state index contributed by atoms with van der Waals surface area (Å²) in [6.45, 7) is 0. The van der Waals surface area contributed by atoms with E-state index in [0.29, 0.717) is 31.9 Å². The molecule has 1 atom stereocenters. The fraction of sp³-hybridized carbons (Fsp3) is 0.0500. The summed E-state index contributed by atoms with van der Waals surface area (Å²) in [4.78, 5) is 16.3. The number of rotatable bonds is 5. The molecule has 0 aliphatic carbocycles. The maximum Gasteiger partial charge on any atom is 0.321 e. The number of aliphatic carboxylic acids is 1. The summed E-state index contributed by atoms with van der Waals surface area (Å²) in [6, 6.07) is 19.3. The molecule has 1 aromatic heterocycles. The molecule has 0 amide bonds. The van der Waals surface area contributed by atoms with Gasteiger partial charge in [-0.15, -0.1) is 0 Å². The molecule has 134 valence electrons. The van der Waals surface area contributed by atoms with Crippen LogP contribution < -0.4 is 0 Å². The Kier molecular flexibility index (Phi) is 6.02. The monoisotopic (exact) mass is 414 g/mol. The second-order valence-corrected chi connectivity index (χ2v) is 7.44. The molecule has 3 rings (SSSR count). The van der Waals surface area contributed by atoms with Gasteiger partial charge in [-0.25, -0.2) is 4.98 Å². The normalized spacial score (nSPS) is 11.6. The van der Waals surface area contributed by atoms with Crippen LogP contribution in [0.15, 0.2) is 65.7 Å². The Labute approximate surface area is 170 Å². The van der Waals surface area contributed by atoms with Crippen LogP contribution >= 0.6 is 35.0 Å². The van der Waals surface area contributed by atoms with Gasteiger partial charge in [0.25, 0.3) is 0 Å². The van der Waals surface area contributed by atoms with E-state index in [0.717, 1.165) is 17.3 Å². The van der Waals surface area contributed by atoms with Crippen LogP contribution in [0.2, 0.25) is 10.0 Å². The van der Waals surface area contributed by atoms with E-state index in [1.54, 1.807) is 54.6 Å². The maximum absolute atomic E-state index is 11.8. The van der Waals surface area contributed by atoms with Crippen molar-refractivity contribution in [2.24, 2.45) is 0 Å². The molecule has 0 saturated heterocycles.